The zero-order valence-corrected chi connectivity index (χ0v) is 19.1. The minimum absolute atomic E-state index is 0.0243. The zero-order valence-electron chi connectivity index (χ0n) is 18.3. The summed E-state index contributed by atoms with van der Waals surface area (Å²) in [5.41, 5.74) is 3.49. The molecular formula is C25H28N4OS. The van der Waals surface area contributed by atoms with E-state index in [9.17, 15) is 4.79 Å². The van der Waals surface area contributed by atoms with Crippen molar-refractivity contribution in [2.45, 2.75) is 38.8 Å². The fraction of sp³-hybridized carbons (Fsp3) is 0.360. The number of imidazole rings is 1. The molecule has 0 aliphatic carbocycles. The maximum Gasteiger partial charge on any atom is 0.261 e. The number of hydrogen-bond donors (Lipinski definition) is 1. The van der Waals surface area contributed by atoms with Crippen molar-refractivity contribution >= 4 is 38.4 Å². The van der Waals surface area contributed by atoms with E-state index in [1.807, 2.05) is 6.07 Å². The Morgan fingerprint density at radius 3 is 2.77 bits per heavy atom. The van der Waals surface area contributed by atoms with E-state index >= 15 is 0 Å². The number of benzene rings is 2. The molecule has 31 heavy (non-hydrogen) atoms. The first-order chi connectivity index (χ1) is 15.1. The molecule has 160 valence electrons. The summed E-state index contributed by atoms with van der Waals surface area (Å²) in [4.78, 5) is 20.9. The number of nitrogens with one attached hydrogen (secondary N) is 1. The van der Waals surface area contributed by atoms with E-state index in [2.05, 4.69) is 71.1 Å². The highest BCUT2D eigenvalue weighted by Gasteiger charge is 2.31. The number of amides is 1. The van der Waals surface area contributed by atoms with Crippen molar-refractivity contribution in [3.05, 3.63) is 64.8 Å². The summed E-state index contributed by atoms with van der Waals surface area (Å²) >= 11 is 1.61. The number of carbonyl (C=O) groups is 1. The normalized spacial score (nSPS) is 17.2. The Hall–Kier alpha value is -2.70. The smallest absolute Gasteiger partial charge is 0.261 e. The number of likely N-dealkylation sites (tertiary alicyclic amines) is 1. The van der Waals surface area contributed by atoms with Crippen LogP contribution in [0.5, 0.6) is 0 Å². The summed E-state index contributed by atoms with van der Waals surface area (Å²) in [5, 5.41) is 4.07. The molecule has 0 radical (unpaired) electrons. The molecule has 2 aromatic carbocycles. The molecule has 5 nitrogen and oxygen atoms in total. The van der Waals surface area contributed by atoms with Gasteiger partial charge in [0.05, 0.1) is 22.5 Å². The fourth-order valence-electron chi connectivity index (χ4n) is 4.95. The van der Waals surface area contributed by atoms with Crippen molar-refractivity contribution in [1.29, 1.82) is 0 Å². The van der Waals surface area contributed by atoms with Crippen LogP contribution < -0.4 is 5.32 Å². The van der Waals surface area contributed by atoms with Crippen LogP contribution in [-0.4, -0.2) is 40.5 Å². The first-order valence-electron chi connectivity index (χ1n) is 11.0. The number of hydrogen-bond acceptors (Lipinski definition) is 4. The van der Waals surface area contributed by atoms with E-state index in [4.69, 9.17) is 4.98 Å². The van der Waals surface area contributed by atoms with Crippen LogP contribution >= 0.6 is 11.3 Å². The van der Waals surface area contributed by atoms with Crippen molar-refractivity contribution < 1.29 is 4.79 Å². The van der Waals surface area contributed by atoms with Gasteiger partial charge in [-0.2, -0.15) is 0 Å². The number of carbonyl (C=O) groups excluding carboxylic acids is 1. The predicted octanol–water partition coefficient (Wildman–Crippen LogP) is 5.18. The quantitative estimate of drug-likeness (QED) is 0.473. The zero-order chi connectivity index (χ0) is 21.5. The van der Waals surface area contributed by atoms with Crippen LogP contribution in [0.3, 0.4) is 0 Å². The molecule has 2 aromatic heterocycles. The summed E-state index contributed by atoms with van der Waals surface area (Å²) in [7, 11) is 1.72. The molecule has 0 unspecified atom stereocenters. The summed E-state index contributed by atoms with van der Waals surface area (Å²) in [6.45, 7) is 7.24. The maximum absolute atomic E-state index is 12.6. The average molecular weight is 433 g/mol. The Morgan fingerprint density at radius 2 is 1.97 bits per heavy atom. The van der Waals surface area contributed by atoms with E-state index in [1.165, 1.54) is 21.2 Å². The first-order valence-corrected chi connectivity index (χ1v) is 11.8. The second kappa shape index (κ2) is 8.09. The van der Waals surface area contributed by atoms with Crippen molar-refractivity contribution in [2.24, 2.45) is 0 Å². The molecule has 1 amide bonds. The second-order valence-electron chi connectivity index (χ2n) is 8.62. The van der Waals surface area contributed by atoms with Crippen molar-refractivity contribution in [3.8, 4) is 0 Å². The van der Waals surface area contributed by atoms with Gasteiger partial charge in [0.15, 0.2) is 0 Å². The van der Waals surface area contributed by atoms with Gasteiger partial charge in [-0.3, -0.25) is 9.69 Å². The highest BCUT2D eigenvalue weighted by molar-refractivity contribution is 7.21. The van der Waals surface area contributed by atoms with E-state index in [1.54, 1.807) is 18.4 Å². The van der Waals surface area contributed by atoms with Crippen LogP contribution in [0.15, 0.2) is 48.5 Å². The van der Waals surface area contributed by atoms with Crippen molar-refractivity contribution in [2.75, 3.05) is 20.1 Å². The van der Waals surface area contributed by atoms with Gasteiger partial charge in [-0.05, 0) is 56.0 Å². The van der Waals surface area contributed by atoms with E-state index in [0.717, 1.165) is 42.3 Å². The van der Waals surface area contributed by atoms with Gasteiger partial charge in [-0.15, -0.1) is 11.3 Å². The fourth-order valence-corrected chi connectivity index (χ4v) is 6.18. The minimum atomic E-state index is 0.0243. The van der Waals surface area contributed by atoms with Gasteiger partial charge in [-0.25, -0.2) is 4.98 Å². The van der Waals surface area contributed by atoms with Crippen LogP contribution in [0.1, 0.15) is 53.3 Å². The summed E-state index contributed by atoms with van der Waals surface area (Å²) < 4.78 is 3.55. The Balaban J connectivity index is 1.45. The molecule has 1 saturated heterocycles. The van der Waals surface area contributed by atoms with Gasteiger partial charge in [0.1, 0.15) is 5.82 Å². The number of nitrogens with zero attached hydrogens (tertiary/aromatic N) is 3. The molecule has 0 spiro atoms. The van der Waals surface area contributed by atoms with Crippen LogP contribution in [0.4, 0.5) is 0 Å². The van der Waals surface area contributed by atoms with Crippen LogP contribution in [0.2, 0.25) is 0 Å². The number of thiophene rings is 1. The van der Waals surface area contributed by atoms with Gasteiger partial charge in [0.25, 0.3) is 5.91 Å². The molecule has 3 heterocycles. The topological polar surface area (TPSA) is 50.2 Å². The highest BCUT2D eigenvalue weighted by Crippen LogP contribution is 2.40. The summed E-state index contributed by atoms with van der Waals surface area (Å²) in [5.74, 6) is 1.51. The number of rotatable bonds is 5. The van der Waals surface area contributed by atoms with Gasteiger partial charge in [0, 0.05) is 30.3 Å². The average Bonchev–Trinajstić information content (AvgIpc) is 3.47. The lowest BCUT2D eigenvalue weighted by molar-refractivity contribution is 0.0966. The van der Waals surface area contributed by atoms with Crippen molar-refractivity contribution in [3.63, 3.8) is 0 Å². The third-order valence-electron chi connectivity index (χ3n) is 6.30. The lowest BCUT2D eigenvalue weighted by atomic mass is 9.95. The van der Waals surface area contributed by atoms with E-state index < -0.39 is 0 Å². The number of aromatic nitrogens is 2. The highest BCUT2D eigenvalue weighted by atomic mass is 32.1. The predicted molar refractivity (Wildman–Crippen MR) is 128 cm³/mol. The molecule has 1 aliphatic rings. The molecule has 4 aromatic rings. The Labute approximate surface area is 186 Å². The molecule has 0 saturated carbocycles. The maximum atomic E-state index is 12.6. The summed E-state index contributed by atoms with van der Waals surface area (Å²) in [6.07, 6.45) is 1.06. The van der Waals surface area contributed by atoms with Crippen LogP contribution in [0, 0.1) is 0 Å². The second-order valence-corrected chi connectivity index (χ2v) is 9.67. The number of fused-ring (bicyclic) bond motifs is 2. The number of para-hydroxylation sites is 2. The molecule has 1 N–H and O–H groups in total. The monoisotopic (exact) mass is 432 g/mol. The largest absolute Gasteiger partial charge is 0.354 e. The van der Waals surface area contributed by atoms with Gasteiger partial charge < -0.3 is 9.88 Å². The molecule has 6 heteroatoms. The third kappa shape index (κ3) is 3.54. The minimum Gasteiger partial charge on any atom is -0.354 e. The van der Waals surface area contributed by atoms with Crippen LogP contribution in [0.25, 0.3) is 21.1 Å². The van der Waals surface area contributed by atoms with Gasteiger partial charge >= 0.3 is 0 Å². The summed E-state index contributed by atoms with van der Waals surface area (Å²) in [6, 6.07) is 17.2. The Bertz CT molecular complexity index is 1260. The lowest BCUT2D eigenvalue weighted by Crippen LogP contribution is -2.23. The van der Waals surface area contributed by atoms with E-state index in [-0.39, 0.29) is 5.91 Å². The first kappa shape index (κ1) is 20.2. The SMILES string of the molecule is CNC(=O)c1sc2ccccc2c1[C@H]1CCN(Cc2nc3ccccc3n2C(C)C)C1. The Kier molecular flexibility index (Phi) is 5.28. The molecule has 1 aliphatic heterocycles. The third-order valence-corrected chi connectivity index (χ3v) is 7.48. The van der Waals surface area contributed by atoms with Crippen LogP contribution in [-0.2, 0) is 6.54 Å². The Morgan fingerprint density at radius 1 is 1.19 bits per heavy atom. The van der Waals surface area contributed by atoms with Gasteiger partial charge in [0.2, 0.25) is 0 Å². The molecule has 5 rings (SSSR count). The van der Waals surface area contributed by atoms with E-state index in [0.29, 0.717) is 12.0 Å². The van der Waals surface area contributed by atoms with Crippen molar-refractivity contribution in [1.82, 2.24) is 19.8 Å². The molecule has 0 bridgehead atoms. The molecule has 1 atom stereocenters. The standard InChI is InChI=1S/C25H28N4OS/c1-16(2)29-20-10-6-5-9-19(20)27-22(29)15-28-13-12-17(14-28)23-18-8-4-7-11-21(18)31-24(23)25(30)26-3/h4-11,16-17H,12-15H2,1-3H3,(H,26,30)/t17-/m0/s1. The molecular weight excluding hydrogens is 404 g/mol. The van der Waals surface area contributed by atoms with Gasteiger partial charge in [-0.1, -0.05) is 30.3 Å². The molecule has 1 fully saturated rings. The lowest BCUT2D eigenvalue weighted by Gasteiger charge is -2.19.